The smallest absolute Gasteiger partial charge is 0.338 e. The number of nitrogens with one attached hydrogen (secondary N) is 1. The highest BCUT2D eigenvalue weighted by Gasteiger charge is 2.24. The van der Waals surface area contributed by atoms with Gasteiger partial charge in [0.2, 0.25) is 0 Å². The number of hydrogen-bond acceptors (Lipinski definition) is 5. The summed E-state index contributed by atoms with van der Waals surface area (Å²) in [5, 5.41) is 21.5. The third kappa shape index (κ3) is 2.43. The van der Waals surface area contributed by atoms with Gasteiger partial charge < -0.3 is 5.11 Å². The highest BCUT2D eigenvalue weighted by Crippen LogP contribution is 2.41. The zero-order chi connectivity index (χ0) is 17.7. The van der Waals surface area contributed by atoms with Crippen LogP contribution in [0.2, 0.25) is 0 Å². The Hall–Kier alpha value is -3.55. The molecule has 4 aromatic rings. The Morgan fingerprint density at radius 2 is 2.15 bits per heavy atom. The van der Waals surface area contributed by atoms with Crippen molar-refractivity contribution in [3.05, 3.63) is 54.0 Å². The standard InChI is InChI=1S/C18H14N6O2/c25-18(26)12-8-20-24(9-12)15-5-6-19-17(21-15)16-13-7-11(10-1-2-10)3-4-14(13)22-23-16/h3-10H,1-2H2,(H,22,23)(H,25,26). The number of aromatic amines is 1. The Bertz CT molecular complexity index is 1140. The Balaban J connectivity index is 1.59. The topological polar surface area (TPSA) is 110 Å². The summed E-state index contributed by atoms with van der Waals surface area (Å²) in [6.07, 6.45) is 6.79. The van der Waals surface area contributed by atoms with E-state index in [1.54, 1.807) is 12.3 Å². The number of fused-ring (bicyclic) bond motifs is 1. The molecule has 0 bridgehead atoms. The first kappa shape index (κ1) is 14.8. The molecule has 128 valence electrons. The lowest BCUT2D eigenvalue weighted by molar-refractivity contribution is 0.0697. The fourth-order valence-corrected chi connectivity index (χ4v) is 3.02. The van der Waals surface area contributed by atoms with E-state index < -0.39 is 5.97 Å². The van der Waals surface area contributed by atoms with Crippen LogP contribution in [0.5, 0.6) is 0 Å². The molecule has 0 unspecified atom stereocenters. The number of hydrogen-bond donors (Lipinski definition) is 2. The normalized spacial score (nSPS) is 14.0. The van der Waals surface area contributed by atoms with Crippen LogP contribution in [0.25, 0.3) is 28.2 Å². The Morgan fingerprint density at radius 3 is 2.92 bits per heavy atom. The third-order valence-electron chi connectivity index (χ3n) is 4.55. The molecular weight excluding hydrogens is 332 g/mol. The monoisotopic (exact) mass is 346 g/mol. The van der Waals surface area contributed by atoms with Gasteiger partial charge in [-0.2, -0.15) is 10.2 Å². The van der Waals surface area contributed by atoms with Crippen molar-refractivity contribution in [2.24, 2.45) is 0 Å². The number of nitrogens with zero attached hydrogens (tertiary/aromatic N) is 5. The first-order valence-corrected chi connectivity index (χ1v) is 8.29. The summed E-state index contributed by atoms with van der Waals surface area (Å²) >= 11 is 0. The molecule has 8 nitrogen and oxygen atoms in total. The molecule has 1 saturated carbocycles. The Kier molecular flexibility index (Phi) is 3.11. The van der Waals surface area contributed by atoms with Crippen molar-refractivity contribution in [1.29, 1.82) is 0 Å². The molecule has 1 aliphatic carbocycles. The molecule has 1 aromatic carbocycles. The van der Waals surface area contributed by atoms with Crippen molar-refractivity contribution in [2.45, 2.75) is 18.8 Å². The van der Waals surface area contributed by atoms with Gasteiger partial charge >= 0.3 is 5.97 Å². The van der Waals surface area contributed by atoms with Gasteiger partial charge in [-0.25, -0.2) is 19.4 Å². The molecule has 0 radical (unpaired) electrons. The summed E-state index contributed by atoms with van der Waals surface area (Å²) in [6.45, 7) is 0. The van der Waals surface area contributed by atoms with Crippen LogP contribution >= 0.6 is 0 Å². The summed E-state index contributed by atoms with van der Waals surface area (Å²) in [5.74, 6) is 0.565. The molecule has 0 atom stereocenters. The van der Waals surface area contributed by atoms with Crippen LogP contribution in [-0.4, -0.2) is 41.0 Å². The molecule has 1 aliphatic rings. The number of H-pyrrole nitrogens is 1. The van der Waals surface area contributed by atoms with Gasteiger partial charge in [-0.05, 0) is 36.5 Å². The first-order chi connectivity index (χ1) is 12.7. The molecule has 26 heavy (non-hydrogen) atoms. The SMILES string of the molecule is O=C(O)c1cnn(-c2ccnc(-c3n[nH]c4ccc(C5CC5)cc34)n2)c1. The van der Waals surface area contributed by atoms with E-state index in [0.29, 0.717) is 23.3 Å². The van der Waals surface area contributed by atoms with E-state index in [1.807, 2.05) is 6.07 Å². The van der Waals surface area contributed by atoms with E-state index in [1.165, 1.54) is 35.5 Å². The summed E-state index contributed by atoms with van der Waals surface area (Å²) in [6, 6.07) is 8.00. The predicted molar refractivity (Wildman–Crippen MR) is 93.2 cm³/mol. The fraction of sp³-hybridized carbons (Fsp3) is 0.167. The van der Waals surface area contributed by atoms with Crippen LogP contribution in [0.3, 0.4) is 0 Å². The van der Waals surface area contributed by atoms with Gasteiger partial charge in [0.25, 0.3) is 0 Å². The summed E-state index contributed by atoms with van der Waals surface area (Å²) < 4.78 is 1.42. The number of carboxylic acid groups (broad SMARTS) is 1. The second-order valence-electron chi connectivity index (χ2n) is 6.37. The largest absolute Gasteiger partial charge is 0.478 e. The van der Waals surface area contributed by atoms with E-state index >= 15 is 0 Å². The lowest BCUT2D eigenvalue weighted by Crippen LogP contribution is -2.01. The zero-order valence-electron chi connectivity index (χ0n) is 13.6. The van der Waals surface area contributed by atoms with Crippen molar-refractivity contribution in [3.8, 4) is 17.3 Å². The summed E-state index contributed by atoms with van der Waals surface area (Å²) in [7, 11) is 0. The quantitative estimate of drug-likeness (QED) is 0.588. The van der Waals surface area contributed by atoms with Gasteiger partial charge in [0.1, 0.15) is 5.69 Å². The van der Waals surface area contributed by atoms with E-state index in [2.05, 4.69) is 37.4 Å². The highest BCUT2D eigenvalue weighted by molar-refractivity contribution is 5.91. The van der Waals surface area contributed by atoms with Crippen molar-refractivity contribution in [1.82, 2.24) is 29.9 Å². The Morgan fingerprint density at radius 1 is 1.27 bits per heavy atom. The molecule has 0 amide bonds. The van der Waals surface area contributed by atoms with Crippen LogP contribution in [0.4, 0.5) is 0 Å². The van der Waals surface area contributed by atoms with E-state index in [0.717, 1.165) is 10.9 Å². The van der Waals surface area contributed by atoms with Crippen LogP contribution in [0.1, 0.15) is 34.7 Å². The second-order valence-corrected chi connectivity index (χ2v) is 6.37. The molecule has 0 aliphatic heterocycles. The van der Waals surface area contributed by atoms with Crippen LogP contribution in [0.15, 0.2) is 42.9 Å². The molecular formula is C18H14N6O2. The lowest BCUT2D eigenvalue weighted by atomic mass is 10.1. The predicted octanol–water partition coefficient (Wildman–Crippen LogP) is 2.78. The number of benzene rings is 1. The molecule has 2 N–H and O–H groups in total. The minimum Gasteiger partial charge on any atom is -0.478 e. The second kappa shape index (κ2) is 5.48. The first-order valence-electron chi connectivity index (χ1n) is 8.29. The minimum atomic E-state index is -1.03. The molecule has 1 fully saturated rings. The molecule has 8 heteroatoms. The van der Waals surface area contributed by atoms with Gasteiger partial charge in [-0.1, -0.05) is 6.07 Å². The molecule has 3 aromatic heterocycles. The van der Waals surface area contributed by atoms with Gasteiger partial charge in [-0.3, -0.25) is 5.10 Å². The maximum Gasteiger partial charge on any atom is 0.338 e. The van der Waals surface area contributed by atoms with Crippen molar-refractivity contribution in [2.75, 3.05) is 0 Å². The van der Waals surface area contributed by atoms with Gasteiger partial charge in [0.15, 0.2) is 11.6 Å². The number of aromatic carboxylic acids is 1. The van der Waals surface area contributed by atoms with E-state index in [4.69, 9.17) is 5.11 Å². The van der Waals surface area contributed by atoms with Crippen molar-refractivity contribution < 1.29 is 9.90 Å². The van der Waals surface area contributed by atoms with Gasteiger partial charge in [-0.15, -0.1) is 0 Å². The number of carbonyl (C=O) groups is 1. The van der Waals surface area contributed by atoms with Crippen molar-refractivity contribution in [3.63, 3.8) is 0 Å². The summed E-state index contributed by atoms with van der Waals surface area (Å²) in [5.41, 5.74) is 3.03. The minimum absolute atomic E-state index is 0.101. The average molecular weight is 346 g/mol. The maximum absolute atomic E-state index is 11.0. The molecule has 0 saturated heterocycles. The van der Waals surface area contributed by atoms with E-state index in [-0.39, 0.29) is 5.56 Å². The molecule has 5 rings (SSSR count). The molecule has 0 spiro atoms. The van der Waals surface area contributed by atoms with Gasteiger partial charge in [0, 0.05) is 23.8 Å². The summed E-state index contributed by atoms with van der Waals surface area (Å²) in [4.78, 5) is 19.9. The average Bonchev–Trinajstić information content (AvgIpc) is 3.23. The van der Waals surface area contributed by atoms with Crippen LogP contribution in [-0.2, 0) is 0 Å². The number of carboxylic acids is 1. The third-order valence-corrected chi connectivity index (χ3v) is 4.55. The van der Waals surface area contributed by atoms with Crippen LogP contribution in [0, 0.1) is 0 Å². The lowest BCUT2D eigenvalue weighted by Gasteiger charge is -2.03. The van der Waals surface area contributed by atoms with Crippen molar-refractivity contribution >= 4 is 16.9 Å². The zero-order valence-corrected chi connectivity index (χ0v) is 13.6. The molecule has 3 heterocycles. The number of rotatable bonds is 4. The van der Waals surface area contributed by atoms with Crippen LogP contribution < -0.4 is 0 Å². The Labute approximate surface area is 147 Å². The maximum atomic E-state index is 11.0. The number of aromatic nitrogens is 6. The fourth-order valence-electron chi connectivity index (χ4n) is 3.02. The van der Waals surface area contributed by atoms with E-state index in [9.17, 15) is 4.79 Å². The van der Waals surface area contributed by atoms with Gasteiger partial charge in [0.05, 0.1) is 17.3 Å². The highest BCUT2D eigenvalue weighted by atomic mass is 16.4.